The molecule has 0 spiro atoms. The van der Waals surface area contributed by atoms with Crippen LogP contribution in [0.2, 0.25) is 5.02 Å². The van der Waals surface area contributed by atoms with Gasteiger partial charge in [0.2, 0.25) is 0 Å². The molecule has 0 aliphatic carbocycles. The van der Waals surface area contributed by atoms with Gasteiger partial charge in [-0.05, 0) is 42.8 Å². The monoisotopic (exact) mass is 328 g/mol. The van der Waals surface area contributed by atoms with Crippen molar-refractivity contribution in [1.29, 1.82) is 0 Å². The number of carbonyl (C=O) groups excluding carboxylic acids is 1. The zero-order valence-electron chi connectivity index (χ0n) is 11.5. The second-order valence-electron chi connectivity index (χ2n) is 4.69. The van der Waals surface area contributed by atoms with Gasteiger partial charge in [0, 0.05) is 5.02 Å². The molecule has 2 nitrogen and oxygen atoms in total. The minimum absolute atomic E-state index is 0.0232. The molecule has 0 unspecified atom stereocenters. The molecule has 0 aliphatic heterocycles. The summed E-state index contributed by atoms with van der Waals surface area (Å²) in [5.41, 5.74) is -0.308. The zero-order valence-corrected chi connectivity index (χ0v) is 12.3. The predicted octanol–water partition coefficient (Wildman–Crippen LogP) is 5.07. The number of halogens is 4. The van der Waals surface area contributed by atoms with Crippen molar-refractivity contribution in [3.63, 3.8) is 0 Å². The molecule has 1 atom stereocenters. The summed E-state index contributed by atoms with van der Waals surface area (Å²) in [7, 11) is 0. The molecule has 0 radical (unpaired) electrons. The lowest BCUT2D eigenvalue weighted by molar-refractivity contribution is -0.137. The Morgan fingerprint density at radius 2 is 1.77 bits per heavy atom. The fourth-order valence-corrected chi connectivity index (χ4v) is 2.03. The highest BCUT2D eigenvalue weighted by Gasteiger charge is 2.31. The van der Waals surface area contributed by atoms with E-state index in [-0.39, 0.29) is 11.5 Å². The number of alkyl halides is 3. The molecular formula is C16H12ClF3O2. The van der Waals surface area contributed by atoms with E-state index in [1.54, 1.807) is 24.3 Å². The number of rotatable bonds is 4. The van der Waals surface area contributed by atoms with Crippen molar-refractivity contribution in [2.45, 2.75) is 19.2 Å². The number of hydrogen-bond donors (Lipinski definition) is 0. The van der Waals surface area contributed by atoms with Crippen LogP contribution in [0.25, 0.3) is 0 Å². The summed E-state index contributed by atoms with van der Waals surface area (Å²) in [5.74, 6) is -0.343. The standard InChI is InChI=1S/C16H12ClF3O2/c1-10(21)15(11-5-7-13(17)8-6-11)22-14-4-2-3-12(9-14)16(18,19)20/h2-9,15H,1H3/t15-/m1/s1. The summed E-state index contributed by atoms with van der Waals surface area (Å²) in [6, 6.07) is 10.8. The molecule has 0 heterocycles. The summed E-state index contributed by atoms with van der Waals surface area (Å²) >= 11 is 5.78. The molecule has 2 rings (SSSR count). The minimum Gasteiger partial charge on any atom is -0.478 e. The van der Waals surface area contributed by atoms with Crippen molar-refractivity contribution in [3.05, 3.63) is 64.7 Å². The van der Waals surface area contributed by atoms with Gasteiger partial charge in [0.15, 0.2) is 11.9 Å². The number of benzene rings is 2. The molecule has 0 amide bonds. The molecular weight excluding hydrogens is 317 g/mol. The van der Waals surface area contributed by atoms with Crippen LogP contribution in [-0.4, -0.2) is 5.78 Å². The Morgan fingerprint density at radius 3 is 2.32 bits per heavy atom. The van der Waals surface area contributed by atoms with Gasteiger partial charge in [0.25, 0.3) is 0 Å². The van der Waals surface area contributed by atoms with E-state index in [1.807, 2.05) is 0 Å². The second kappa shape index (κ2) is 6.40. The molecule has 6 heteroatoms. The van der Waals surface area contributed by atoms with Gasteiger partial charge in [0.1, 0.15) is 5.75 Å². The first kappa shape index (κ1) is 16.4. The van der Waals surface area contributed by atoms with Crippen LogP contribution in [0.15, 0.2) is 48.5 Å². The minimum atomic E-state index is -4.47. The van der Waals surface area contributed by atoms with Gasteiger partial charge >= 0.3 is 6.18 Å². The van der Waals surface area contributed by atoms with E-state index in [1.165, 1.54) is 19.1 Å². The highest BCUT2D eigenvalue weighted by molar-refractivity contribution is 6.30. The summed E-state index contributed by atoms with van der Waals surface area (Å²) in [5, 5.41) is 0.491. The van der Waals surface area contributed by atoms with Gasteiger partial charge in [-0.1, -0.05) is 29.8 Å². The topological polar surface area (TPSA) is 26.3 Å². The summed E-state index contributed by atoms with van der Waals surface area (Å²) in [6.07, 6.45) is -5.45. The number of ketones is 1. The molecule has 22 heavy (non-hydrogen) atoms. The fraction of sp³-hybridized carbons (Fsp3) is 0.188. The van der Waals surface area contributed by atoms with Crippen LogP contribution in [0.1, 0.15) is 24.2 Å². The summed E-state index contributed by atoms with van der Waals surface area (Å²) in [6.45, 7) is 1.31. The molecule has 0 bridgehead atoms. The number of hydrogen-bond acceptors (Lipinski definition) is 2. The lowest BCUT2D eigenvalue weighted by atomic mass is 10.1. The van der Waals surface area contributed by atoms with Gasteiger partial charge < -0.3 is 4.74 Å². The maximum atomic E-state index is 12.7. The van der Waals surface area contributed by atoms with E-state index in [9.17, 15) is 18.0 Å². The van der Waals surface area contributed by atoms with Crippen LogP contribution in [0.4, 0.5) is 13.2 Å². The van der Waals surface area contributed by atoms with E-state index >= 15 is 0 Å². The zero-order chi connectivity index (χ0) is 16.3. The molecule has 0 saturated carbocycles. The third kappa shape index (κ3) is 4.01. The van der Waals surface area contributed by atoms with E-state index in [0.29, 0.717) is 10.6 Å². The maximum absolute atomic E-state index is 12.7. The lowest BCUT2D eigenvalue weighted by Gasteiger charge is -2.18. The average molecular weight is 329 g/mol. The highest BCUT2D eigenvalue weighted by Crippen LogP contribution is 2.32. The van der Waals surface area contributed by atoms with Gasteiger partial charge in [-0.2, -0.15) is 13.2 Å². The van der Waals surface area contributed by atoms with Crippen LogP contribution in [0.3, 0.4) is 0 Å². The van der Waals surface area contributed by atoms with Crippen molar-refractivity contribution >= 4 is 17.4 Å². The van der Waals surface area contributed by atoms with E-state index in [0.717, 1.165) is 12.1 Å². The SMILES string of the molecule is CC(=O)[C@@H](Oc1cccc(C(F)(F)F)c1)c1ccc(Cl)cc1. The molecule has 0 fully saturated rings. The molecule has 0 aromatic heterocycles. The first-order valence-corrected chi connectivity index (χ1v) is 6.75. The van der Waals surface area contributed by atoms with Crippen LogP contribution in [0.5, 0.6) is 5.75 Å². The van der Waals surface area contributed by atoms with Crippen LogP contribution in [-0.2, 0) is 11.0 Å². The predicted molar refractivity (Wildman–Crippen MR) is 76.9 cm³/mol. The molecule has 116 valence electrons. The average Bonchev–Trinajstić information content (AvgIpc) is 2.45. The summed E-state index contributed by atoms with van der Waals surface area (Å²) < 4.78 is 43.5. The molecule has 2 aromatic rings. The fourth-order valence-electron chi connectivity index (χ4n) is 1.91. The van der Waals surface area contributed by atoms with Crippen LogP contribution >= 0.6 is 11.6 Å². The van der Waals surface area contributed by atoms with E-state index in [4.69, 9.17) is 16.3 Å². The van der Waals surface area contributed by atoms with Crippen molar-refractivity contribution in [2.75, 3.05) is 0 Å². The van der Waals surface area contributed by atoms with Crippen molar-refractivity contribution in [1.82, 2.24) is 0 Å². The van der Waals surface area contributed by atoms with Gasteiger partial charge in [-0.15, -0.1) is 0 Å². The van der Waals surface area contributed by atoms with Gasteiger partial charge in [-0.3, -0.25) is 4.79 Å². The number of Topliss-reactive ketones (excluding diaryl/α,β-unsaturated/α-hetero) is 1. The molecule has 2 aromatic carbocycles. The maximum Gasteiger partial charge on any atom is 0.416 e. The van der Waals surface area contributed by atoms with Crippen LogP contribution in [0, 0.1) is 0 Å². The Balaban J connectivity index is 2.29. The first-order chi connectivity index (χ1) is 10.3. The van der Waals surface area contributed by atoms with Gasteiger partial charge in [0.05, 0.1) is 5.56 Å². The molecule has 0 N–H and O–H groups in total. The third-order valence-corrected chi connectivity index (χ3v) is 3.21. The van der Waals surface area contributed by atoms with Crippen molar-refractivity contribution in [2.24, 2.45) is 0 Å². The highest BCUT2D eigenvalue weighted by atomic mass is 35.5. The van der Waals surface area contributed by atoms with Crippen molar-refractivity contribution in [3.8, 4) is 5.75 Å². The molecule has 0 saturated heterocycles. The number of carbonyl (C=O) groups is 1. The van der Waals surface area contributed by atoms with E-state index in [2.05, 4.69) is 0 Å². The number of ether oxygens (including phenoxy) is 1. The Labute approximate surface area is 130 Å². The Kier molecular flexibility index (Phi) is 4.76. The smallest absolute Gasteiger partial charge is 0.416 e. The normalized spacial score (nSPS) is 12.8. The largest absolute Gasteiger partial charge is 0.478 e. The third-order valence-electron chi connectivity index (χ3n) is 2.96. The summed E-state index contributed by atoms with van der Waals surface area (Å²) in [4.78, 5) is 11.7. The van der Waals surface area contributed by atoms with Crippen LogP contribution < -0.4 is 4.74 Å². The van der Waals surface area contributed by atoms with Crippen molar-refractivity contribution < 1.29 is 22.7 Å². The Hall–Kier alpha value is -2.01. The lowest BCUT2D eigenvalue weighted by Crippen LogP contribution is -2.16. The second-order valence-corrected chi connectivity index (χ2v) is 5.12. The quantitative estimate of drug-likeness (QED) is 0.783. The van der Waals surface area contributed by atoms with E-state index < -0.39 is 17.8 Å². The molecule has 0 aliphatic rings. The first-order valence-electron chi connectivity index (χ1n) is 6.37. The van der Waals surface area contributed by atoms with Gasteiger partial charge in [-0.25, -0.2) is 0 Å². The Bertz CT molecular complexity index is 666. The Morgan fingerprint density at radius 1 is 1.14 bits per heavy atom.